The van der Waals surface area contributed by atoms with Crippen LogP contribution in [0.25, 0.3) is 0 Å². The van der Waals surface area contributed by atoms with Crippen LogP contribution in [-0.2, 0) is 6.42 Å². The third-order valence-corrected chi connectivity index (χ3v) is 3.17. The normalized spacial score (nSPS) is 12.2. The van der Waals surface area contributed by atoms with E-state index in [1.807, 2.05) is 12.1 Å². The molecule has 2 rings (SSSR count). The second kappa shape index (κ2) is 7.01. The summed E-state index contributed by atoms with van der Waals surface area (Å²) in [6, 6.07) is 5.67. The number of rotatable bonds is 6. The van der Waals surface area contributed by atoms with Crippen molar-refractivity contribution in [2.75, 3.05) is 6.61 Å². The molecule has 20 heavy (non-hydrogen) atoms. The van der Waals surface area contributed by atoms with Crippen molar-refractivity contribution >= 4 is 0 Å². The fourth-order valence-electron chi connectivity index (χ4n) is 2.09. The molecular weight excluding hydrogens is 250 g/mol. The van der Waals surface area contributed by atoms with Crippen molar-refractivity contribution in [3.8, 4) is 5.75 Å². The van der Waals surface area contributed by atoms with Crippen LogP contribution < -0.4 is 10.5 Å². The van der Waals surface area contributed by atoms with Crippen molar-refractivity contribution in [3.63, 3.8) is 0 Å². The molecule has 2 aromatic rings. The molecule has 0 aromatic carbocycles. The number of pyridine rings is 2. The van der Waals surface area contributed by atoms with Crippen LogP contribution in [0.2, 0.25) is 0 Å². The molecule has 0 radical (unpaired) electrons. The Kier molecular flexibility index (Phi) is 5.07. The average Bonchev–Trinajstić information content (AvgIpc) is 2.52. The van der Waals surface area contributed by atoms with Gasteiger partial charge in [0, 0.05) is 12.4 Å². The minimum absolute atomic E-state index is 0.274. The summed E-state index contributed by atoms with van der Waals surface area (Å²) in [6.07, 6.45) is 7.15. The minimum atomic E-state index is -0.274. The quantitative estimate of drug-likeness (QED) is 0.877. The largest absolute Gasteiger partial charge is 0.492 e. The molecule has 0 spiro atoms. The maximum absolute atomic E-state index is 6.33. The van der Waals surface area contributed by atoms with Crippen LogP contribution in [0, 0.1) is 0 Å². The predicted molar refractivity (Wildman–Crippen MR) is 79.7 cm³/mol. The van der Waals surface area contributed by atoms with E-state index in [4.69, 9.17) is 10.5 Å². The standard InChI is InChI=1S/C16H21N3O/c1-3-8-20-14-9-13(10-18-11-14)15(17)16-12(4-2)6-5-7-19-16/h5-7,9-11,15H,3-4,8,17H2,1-2H3. The lowest BCUT2D eigenvalue weighted by Gasteiger charge is -2.15. The lowest BCUT2D eigenvalue weighted by Crippen LogP contribution is -2.16. The first-order chi connectivity index (χ1) is 9.76. The molecule has 0 aliphatic rings. The third-order valence-electron chi connectivity index (χ3n) is 3.17. The number of nitrogens with two attached hydrogens (primary N) is 1. The molecule has 4 nitrogen and oxygen atoms in total. The zero-order valence-corrected chi connectivity index (χ0v) is 12.0. The molecule has 2 heterocycles. The molecule has 4 heteroatoms. The van der Waals surface area contributed by atoms with Crippen LogP contribution in [-0.4, -0.2) is 16.6 Å². The molecule has 2 aromatic heterocycles. The van der Waals surface area contributed by atoms with Gasteiger partial charge in [0.2, 0.25) is 0 Å². The molecule has 1 atom stereocenters. The summed E-state index contributed by atoms with van der Waals surface area (Å²) in [5, 5.41) is 0. The first-order valence-electron chi connectivity index (χ1n) is 7.03. The Balaban J connectivity index is 2.26. The van der Waals surface area contributed by atoms with E-state index >= 15 is 0 Å². The lowest BCUT2D eigenvalue weighted by molar-refractivity contribution is 0.315. The smallest absolute Gasteiger partial charge is 0.137 e. The van der Waals surface area contributed by atoms with Crippen LogP contribution in [0.5, 0.6) is 5.75 Å². The van der Waals surface area contributed by atoms with Crippen LogP contribution in [0.3, 0.4) is 0 Å². The van der Waals surface area contributed by atoms with Crippen LogP contribution in [0.15, 0.2) is 36.8 Å². The van der Waals surface area contributed by atoms with Crippen molar-refractivity contribution in [2.45, 2.75) is 32.7 Å². The zero-order valence-electron chi connectivity index (χ0n) is 12.0. The predicted octanol–water partition coefficient (Wildman–Crippen LogP) is 2.88. The van der Waals surface area contributed by atoms with E-state index in [1.54, 1.807) is 18.6 Å². The molecule has 0 saturated heterocycles. The van der Waals surface area contributed by atoms with Gasteiger partial charge in [-0.3, -0.25) is 9.97 Å². The van der Waals surface area contributed by atoms with Gasteiger partial charge < -0.3 is 10.5 Å². The van der Waals surface area contributed by atoms with E-state index in [1.165, 1.54) is 5.56 Å². The summed E-state index contributed by atoms with van der Waals surface area (Å²) in [4.78, 5) is 8.63. The fraction of sp³-hybridized carbons (Fsp3) is 0.375. The highest BCUT2D eigenvalue weighted by Crippen LogP contribution is 2.23. The van der Waals surface area contributed by atoms with Gasteiger partial charge in [0.15, 0.2) is 0 Å². The van der Waals surface area contributed by atoms with Gasteiger partial charge >= 0.3 is 0 Å². The Labute approximate surface area is 120 Å². The first kappa shape index (κ1) is 14.5. The van der Waals surface area contributed by atoms with Crippen LogP contribution in [0.1, 0.15) is 43.1 Å². The molecule has 0 fully saturated rings. The highest BCUT2D eigenvalue weighted by atomic mass is 16.5. The molecule has 0 aliphatic carbocycles. The molecular formula is C16H21N3O. The second-order valence-corrected chi connectivity index (χ2v) is 4.68. The molecule has 1 unspecified atom stereocenters. The molecule has 0 amide bonds. The van der Waals surface area contributed by atoms with Gasteiger partial charge in [-0.25, -0.2) is 0 Å². The van der Waals surface area contributed by atoms with Crippen molar-refractivity contribution in [1.29, 1.82) is 0 Å². The molecule has 2 N–H and O–H groups in total. The Morgan fingerprint density at radius 3 is 2.90 bits per heavy atom. The molecule has 106 valence electrons. The van der Waals surface area contributed by atoms with Gasteiger partial charge in [0.05, 0.1) is 24.5 Å². The fourth-order valence-corrected chi connectivity index (χ4v) is 2.09. The van der Waals surface area contributed by atoms with Crippen LogP contribution >= 0.6 is 0 Å². The monoisotopic (exact) mass is 271 g/mol. The topological polar surface area (TPSA) is 61.0 Å². The number of nitrogens with zero attached hydrogens (tertiary/aromatic N) is 2. The van der Waals surface area contributed by atoms with E-state index in [-0.39, 0.29) is 6.04 Å². The highest BCUT2D eigenvalue weighted by molar-refractivity contribution is 5.34. The molecule has 0 aliphatic heterocycles. The van der Waals surface area contributed by atoms with E-state index in [0.29, 0.717) is 6.61 Å². The molecule has 0 bridgehead atoms. The zero-order chi connectivity index (χ0) is 14.4. The van der Waals surface area contributed by atoms with E-state index < -0.39 is 0 Å². The summed E-state index contributed by atoms with van der Waals surface area (Å²) in [6.45, 7) is 4.86. The number of aryl methyl sites for hydroxylation is 1. The summed E-state index contributed by atoms with van der Waals surface area (Å²) in [7, 11) is 0. The number of hydrogen-bond acceptors (Lipinski definition) is 4. The van der Waals surface area contributed by atoms with Crippen molar-refractivity contribution in [1.82, 2.24) is 9.97 Å². The Bertz CT molecular complexity index is 557. The summed E-state index contributed by atoms with van der Waals surface area (Å²) in [5.41, 5.74) is 9.33. The van der Waals surface area contributed by atoms with Gasteiger partial charge in [-0.1, -0.05) is 19.9 Å². The average molecular weight is 271 g/mol. The van der Waals surface area contributed by atoms with Crippen molar-refractivity contribution in [2.24, 2.45) is 5.73 Å². The molecule has 0 saturated carbocycles. The Morgan fingerprint density at radius 1 is 1.30 bits per heavy atom. The highest BCUT2D eigenvalue weighted by Gasteiger charge is 2.14. The lowest BCUT2D eigenvalue weighted by atomic mass is 10.0. The minimum Gasteiger partial charge on any atom is -0.492 e. The number of aromatic nitrogens is 2. The van der Waals surface area contributed by atoms with Crippen molar-refractivity contribution in [3.05, 3.63) is 53.6 Å². The van der Waals surface area contributed by atoms with Gasteiger partial charge in [-0.2, -0.15) is 0 Å². The van der Waals surface area contributed by atoms with Crippen LogP contribution in [0.4, 0.5) is 0 Å². The van der Waals surface area contributed by atoms with Gasteiger partial charge in [-0.15, -0.1) is 0 Å². The summed E-state index contributed by atoms with van der Waals surface area (Å²) in [5.74, 6) is 0.758. The summed E-state index contributed by atoms with van der Waals surface area (Å²) < 4.78 is 5.60. The second-order valence-electron chi connectivity index (χ2n) is 4.68. The first-order valence-corrected chi connectivity index (χ1v) is 7.03. The number of hydrogen-bond donors (Lipinski definition) is 1. The van der Waals surface area contributed by atoms with E-state index in [0.717, 1.165) is 29.8 Å². The number of ether oxygens (including phenoxy) is 1. The summed E-state index contributed by atoms with van der Waals surface area (Å²) >= 11 is 0. The van der Waals surface area contributed by atoms with Gasteiger partial charge in [0.1, 0.15) is 5.75 Å². The van der Waals surface area contributed by atoms with Crippen molar-refractivity contribution < 1.29 is 4.74 Å². The SMILES string of the molecule is CCCOc1cncc(C(N)c2ncccc2CC)c1. The van der Waals surface area contributed by atoms with Gasteiger partial charge in [0.25, 0.3) is 0 Å². The third kappa shape index (κ3) is 3.33. The van der Waals surface area contributed by atoms with E-state index in [9.17, 15) is 0 Å². The maximum Gasteiger partial charge on any atom is 0.137 e. The van der Waals surface area contributed by atoms with E-state index in [2.05, 4.69) is 29.9 Å². The Hall–Kier alpha value is -1.94. The van der Waals surface area contributed by atoms with Gasteiger partial charge in [-0.05, 0) is 36.1 Å². The Morgan fingerprint density at radius 2 is 2.15 bits per heavy atom. The maximum atomic E-state index is 6.33.